The molecule has 0 radical (unpaired) electrons. The first kappa shape index (κ1) is 15.3. The lowest BCUT2D eigenvalue weighted by Crippen LogP contribution is -2.11. The van der Waals surface area contributed by atoms with Gasteiger partial charge in [0.25, 0.3) is 0 Å². The quantitative estimate of drug-likeness (QED) is 0.758. The maximum Gasteiger partial charge on any atom is 0.185 e. The number of rotatable bonds is 5. The fraction of sp³-hybridized carbons (Fsp3) is 0.176. The van der Waals surface area contributed by atoms with E-state index in [1.165, 1.54) is 0 Å². The van der Waals surface area contributed by atoms with Crippen molar-refractivity contribution in [3.05, 3.63) is 64.1 Å². The van der Waals surface area contributed by atoms with E-state index in [1.54, 1.807) is 42.5 Å². The fourth-order valence-corrected chi connectivity index (χ4v) is 2.50. The van der Waals surface area contributed by atoms with Crippen LogP contribution in [-0.4, -0.2) is 12.4 Å². The maximum atomic E-state index is 12.5. The highest BCUT2D eigenvalue weighted by atomic mass is 79.9. The first-order valence-corrected chi connectivity index (χ1v) is 7.37. The minimum atomic E-state index is -0.820. The van der Waals surface area contributed by atoms with E-state index in [1.807, 2.05) is 13.0 Å². The number of nitrogens with zero attached hydrogens (tertiary/aromatic N) is 1. The van der Waals surface area contributed by atoms with Gasteiger partial charge in [-0.25, -0.2) is 0 Å². The Morgan fingerprint density at radius 3 is 2.48 bits per heavy atom. The Bertz CT molecular complexity index is 674. The molecule has 21 heavy (non-hydrogen) atoms. The third-order valence-corrected chi connectivity index (χ3v) is 3.75. The molecule has 0 heterocycles. The van der Waals surface area contributed by atoms with E-state index in [-0.39, 0.29) is 5.78 Å². The molecule has 0 aliphatic rings. The molecule has 1 unspecified atom stereocenters. The molecule has 1 atom stereocenters. The van der Waals surface area contributed by atoms with Crippen LogP contribution in [0.5, 0.6) is 5.75 Å². The van der Waals surface area contributed by atoms with Gasteiger partial charge in [0.05, 0.1) is 12.7 Å². The molecule has 106 valence electrons. The summed E-state index contributed by atoms with van der Waals surface area (Å²) in [5, 5.41) is 9.36. The van der Waals surface area contributed by atoms with Gasteiger partial charge in [0.2, 0.25) is 0 Å². The van der Waals surface area contributed by atoms with Gasteiger partial charge in [-0.15, -0.1) is 0 Å². The molecule has 3 nitrogen and oxygen atoms in total. The van der Waals surface area contributed by atoms with Crippen LogP contribution in [0.4, 0.5) is 0 Å². The zero-order valence-corrected chi connectivity index (χ0v) is 13.1. The Labute approximate surface area is 132 Å². The molecule has 4 heteroatoms. The van der Waals surface area contributed by atoms with Gasteiger partial charge in [-0.05, 0) is 30.7 Å². The van der Waals surface area contributed by atoms with Crippen molar-refractivity contribution < 1.29 is 9.53 Å². The van der Waals surface area contributed by atoms with Crippen LogP contribution in [0.15, 0.2) is 53.0 Å². The summed E-state index contributed by atoms with van der Waals surface area (Å²) >= 11 is 3.35. The van der Waals surface area contributed by atoms with E-state index in [0.717, 1.165) is 5.75 Å². The van der Waals surface area contributed by atoms with Crippen molar-refractivity contribution >= 4 is 21.7 Å². The van der Waals surface area contributed by atoms with E-state index in [0.29, 0.717) is 22.2 Å². The van der Waals surface area contributed by atoms with Crippen molar-refractivity contribution in [2.24, 2.45) is 0 Å². The largest absolute Gasteiger partial charge is 0.494 e. The summed E-state index contributed by atoms with van der Waals surface area (Å²) in [5.41, 5.74) is 1.18. The standard InChI is InChI=1S/C17H14BrNO2/c1-2-21-13-9-7-12(8-10-13)15(11-19)17(20)14-5-3-4-6-16(14)18/h3-10,15H,2H2,1H3. The molecule has 2 rings (SSSR count). The molecule has 0 fully saturated rings. The summed E-state index contributed by atoms with van der Waals surface area (Å²) < 4.78 is 6.06. The maximum absolute atomic E-state index is 12.5. The lowest BCUT2D eigenvalue weighted by atomic mass is 9.92. The number of benzene rings is 2. The number of carbonyl (C=O) groups is 1. The number of Topliss-reactive ketones (excluding diaryl/α,β-unsaturated/α-hetero) is 1. The molecule has 2 aromatic rings. The van der Waals surface area contributed by atoms with E-state index in [9.17, 15) is 10.1 Å². The Balaban J connectivity index is 2.30. The number of halogens is 1. The van der Waals surface area contributed by atoms with E-state index in [2.05, 4.69) is 22.0 Å². The van der Waals surface area contributed by atoms with Crippen LogP contribution >= 0.6 is 15.9 Å². The van der Waals surface area contributed by atoms with Gasteiger partial charge in [-0.1, -0.05) is 46.3 Å². The van der Waals surface area contributed by atoms with Crippen molar-refractivity contribution in [3.8, 4) is 11.8 Å². The Morgan fingerprint density at radius 2 is 1.90 bits per heavy atom. The van der Waals surface area contributed by atoms with Crippen LogP contribution < -0.4 is 4.74 Å². The highest BCUT2D eigenvalue weighted by Crippen LogP contribution is 2.26. The SMILES string of the molecule is CCOc1ccc(C(C#N)C(=O)c2ccccc2Br)cc1. The van der Waals surface area contributed by atoms with E-state index in [4.69, 9.17) is 4.74 Å². The molecular formula is C17H14BrNO2. The number of ketones is 1. The van der Waals surface area contributed by atoms with Gasteiger partial charge >= 0.3 is 0 Å². The van der Waals surface area contributed by atoms with Crippen molar-refractivity contribution in [3.63, 3.8) is 0 Å². The average Bonchev–Trinajstić information content (AvgIpc) is 2.50. The number of ether oxygens (including phenoxy) is 1. The minimum absolute atomic E-state index is 0.214. The lowest BCUT2D eigenvalue weighted by molar-refractivity contribution is 0.0978. The van der Waals surface area contributed by atoms with Crippen molar-refractivity contribution in [2.45, 2.75) is 12.8 Å². The monoisotopic (exact) mass is 343 g/mol. The first-order valence-electron chi connectivity index (χ1n) is 6.58. The highest BCUT2D eigenvalue weighted by Gasteiger charge is 2.23. The van der Waals surface area contributed by atoms with Crippen LogP contribution in [-0.2, 0) is 0 Å². The molecule has 0 saturated carbocycles. The molecule has 0 amide bonds. The Kier molecular flexibility index (Phi) is 5.13. The Morgan fingerprint density at radius 1 is 1.24 bits per heavy atom. The normalized spacial score (nSPS) is 11.5. The second kappa shape index (κ2) is 7.05. The van der Waals surface area contributed by atoms with Crippen molar-refractivity contribution in [1.82, 2.24) is 0 Å². The molecule has 0 saturated heterocycles. The molecule has 0 bridgehead atoms. The summed E-state index contributed by atoms with van der Waals surface area (Å²) in [6, 6.07) is 16.3. The van der Waals surface area contributed by atoms with Gasteiger partial charge in [0.15, 0.2) is 5.78 Å². The van der Waals surface area contributed by atoms with Crippen LogP contribution in [0.3, 0.4) is 0 Å². The summed E-state index contributed by atoms with van der Waals surface area (Å²) in [6.07, 6.45) is 0. The molecule has 0 aliphatic heterocycles. The predicted octanol–water partition coefficient (Wildman–Crippen LogP) is 4.34. The number of hydrogen-bond donors (Lipinski definition) is 0. The Hall–Kier alpha value is -2.12. The molecule has 0 aromatic heterocycles. The minimum Gasteiger partial charge on any atom is -0.494 e. The predicted molar refractivity (Wildman–Crippen MR) is 84.4 cm³/mol. The third-order valence-electron chi connectivity index (χ3n) is 3.06. The van der Waals surface area contributed by atoms with Gasteiger partial charge in [-0.3, -0.25) is 4.79 Å². The van der Waals surface area contributed by atoms with Crippen LogP contribution in [0.2, 0.25) is 0 Å². The van der Waals surface area contributed by atoms with Gasteiger partial charge in [-0.2, -0.15) is 5.26 Å². The fourth-order valence-electron chi connectivity index (χ4n) is 2.02. The zero-order valence-electron chi connectivity index (χ0n) is 11.5. The molecule has 0 spiro atoms. The van der Waals surface area contributed by atoms with Crippen LogP contribution in [0.25, 0.3) is 0 Å². The van der Waals surface area contributed by atoms with E-state index < -0.39 is 5.92 Å². The highest BCUT2D eigenvalue weighted by molar-refractivity contribution is 9.10. The van der Waals surface area contributed by atoms with Crippen molar-refractivity contribution in [1.29, 1.82) is 5.26 Å². The topological polar surface area (TPSA) is 50.1 Å². The summed E-state index contributed by atoms with van der Waals surface area (Å²) in [6.45, 7) is 2.49. The zero-order chi connectivity index (χ0) is 15.2. The molecular weight excluding hydrogens is 330 g/mol. The second-order valence-electron chi connectivity index (χ2n) is 4.41. The third kappa shape index (κ3) is 3.50. The average molecular weight is 344 g/mol. The first-order chi connectivity index (χ1) is 10.2. The number of hydrogen-bond acceptors (Lipinski definition) is 3. The van der Waals surface area contributed by atoms with E-state index >= 15 is 0 Å². The van der Waals surface area contributed by atoms with Gasteiger partial charge in [0, 0.05) is 10.0 Å². The van der Waals surface area contributed by atoms with Gasteiger partial charge < -0.3 is 4.74 Å². The molecule has 2 aromatic carbocycles. The summed E-state index contributed by atoms with van der Waals surface area (Å²) in [7, 11) is 0. The van der Waals surface area contributed by atoms with Gasteiger partial charge in [0.1, 0.15) is 11.7 Å². The summed E-state index contributed by atoms with van der Waals surface area (Å²) in [4.78, 5) is 12.5. The molecule has 0 aliphatic carbocycles. The van der Waals surface area contributed by atoms with Crippen LogP contribution in [0.1, 0.15) is 28.8 Å². The number of nitriles is 1. The van der Waals surface area contributed by atoms with Crippen molar-refractivity contribution in [2.75, 3.05) is 6.61 Å². The second-order valence-corrected chi connectivity index (χ2v) is 5.26. The lowest BCUT2D eigenvalue weighted by Gasteiger charge is -2.11. The summed E-state index contributed by atoms with van der Waals surface area (Å²) in [5.74, 6) is -0.306. The smallest absolute Gasteiger partial charge is 0.185 e. The molecule has 0 N–H and O–H groups in total. The number of carbonyl (C=O) groups excluding carboxylic acids is 1. The van der Waals surface area contributed by atoms with Crippen LogP contribution in [0, 0.1) is 11.3 Å².